The first-order chi connectivity index (χ1) is 7.74. The van der Waals surface area contributed by atoms with Crippen LogP contribution >= 0.6 is 0 Å². The average Bonchev–Trinajstić information content (AvgIpc) is 2.30. The van der Waals surface area contributed by atoms with E-state index >= 15 is 0 Å². The fourth-order valence-corrected chi connectivity index (χ4v) is 1.21. The highest BCUT2D eigenvalue weighted by atomic mass is 16.6. The van der Waals surface area contributed by atoms with Crippen molar-refractivity contribution in [1.82, 2.24) is 0 Å². The molecule has 0 N–H and O–H groups in total. The van der Waals surface area contributed by atoms with Crippen LogP contribution in [0, 0.1) is 0 Å². The molecule has 1 aromatic carbocycles. The second kappa shape index (κ2) is 6.67. The molecule has 1 rings (SSSR count). The lowest BCUT2D eigenvalue weighted by Gasteiger charge is -2.07. The van der Waals surface area contributed by atoms with Crippen molar-refractivity contribution in [3.05, 3.63) is 48.2 Å². The van der Waals surface area contributed by atoms with Gasteiger partial charge in [0.25, 0.3) is 0 Å². The van der Waals surface area contributed by atoms with Crippen LogP contribution in [0.3, 0.4) is 0 Å². The second-order valence-electron chi connectivity index (χ2n) is 3.23. The molecule has 0 heterocycles. The Bertz CT molecular complexity index is 343. The van der Waals surface area contributed by atoms with Gasteiger partial charge in [0.1, 0.15) is 0 Å². The first-order valence-electron chi connectivity index (χ1n) is 5.26. The minimum Gasteiger partial charge on any atom is -0.487 e. The van der Waals surface area contributed by atoms with Crippen molar-refractivity contribution >= 4 is 5.97 Å². The predicted octanol–water partition coefficient (Wildman–Crippen LogP) is 2.32. The summed E-state index contributed by atoms with van der Waals surface area (Å²) in [7, 11) is 0. The molecule has 3 heteroatoms. The van der Waals surface area contributed by atoms with Gasteiger partial charge in [0.2, 0.25) is 0 Å². The van der Waals surface area contributed by atoms with Gasteiger partial charge in [-0.15, -0.1) is 0 Å². The molecule has 0 aliphatic carbocycles. The summed E-state index contributed by atoms with van der Waals surface area (Å²) < 4.78 is 9.93. The molecule has 0 unspecified atom stereocenters. The molecule has 0 aromatic heterocycles. The zero-order valence-electron chi connectivity index (χ0n) is 9.44. The monoisotopic (exact) mass is 220 g/mol. The largest absolute Gasteiger partial charge is 0.487 e. The molecule has 0 spiro atoms. The van der Waals surface area contributed by atoms with Crippen molar-refractivity contribution in [2.24, 2.45) is 0 Å². The van der Waals surface area contributed by atoms with E-state index in [1.807, 2.05) is 30.3 Å². The van der Waals surface area contributed by atoms with Crippen molar-refractivity contribution in [1.29, 1.82) is 0 Å². The fourth-order valence-electron chi connectivity index (χ4n) is 1.21. The van der Waals surface area contributed by atoms with E-state index < -0.39 is 5.97 Å². The summed E-state index contributed by atoms with van der Waals surface area (Å²) in [5, 5.41) is 0. The molecule has 0 radical (unpaired) electrons. The molecule has 0 amide bonds. The lowest BCUT2D eigenvalue weighted by molar-refractivity contribution is -0.142. The fraction of sp³-hybridized carbons (Fsp3) is 0.308. The van der Waals surface area contributed by atoms with Gasteiger partial charge in [-0.3, -0.25) is 0 Å². The zero-order valence-corrected chi connectivity index (χ0v) is 9.44. The van der Waals surface area contributed by atoms with Gasteiger partial charge in [0.15, 0.2) is 5.76 Å². The zero-order chi connectivity index (χ0) is 11.8. The summed E-state index contributed by atoms with van der Waals surface area (Å²) in [6.45, 7) is 6.02. The number of carbonyl (C=O) groups is 1. The third-order valence-electron chi connectivity index (χ3n) is 2.01. The Morgan fingerprint density at radius 3 is 2.56 bits per heavy atom. The maximum atomic E-state index is 11.1. The summed E-state index contributed by atoms with van der Waals surface area (Å²) >= 11 is 0. The van der Waals surface area contributed by atoms with Crippen LogP contribution < -0.4 is 0 Å². The number of esters is 1. The highest BCUT2D eigenvalue weighted by molar-refractivity contribution is 5.85. The van der Waals surface area contributed by atoms with Crippen molar-refractivity contribution in [3.8, 4) is 0 Å². The number of rotatable bonds is 6. The Morgan fingerprint density at radius 1 is 1.25 bits per heavy atom. The van der Waals surface area contributed by atoms with E-state index in [0.29, 0.717) is 13.2 Å². The Labute approximate surface area is 95.7 Å². The molecule has 0 bridgehead atoms. The molecule has 16 heavy (non-hydrogen) atoms. The Hall–Kier alpha value is -1.77. The Morgan fingerprint density at radius 2 is 1.94 bits per heavy atom. The van der Waals surface area contributed by atoms with E-state index in [4.69, 9.17) is 9.47 Å². The SMILES string of the molecule is C=C(OCCc1ccccc1)C(=O)OCC. The molecule has 3 nitrogen and oxygen atoms in total. The van der Waals surface area contributed by atoms with E-state index in [2.05, 4.69) is 6.58 Å². The van der Waals surface area contributed by atoms with Gasteiger partial charge < -0.3 is 9.47 Å². The predicted molar refractivity (Wildman–Crippen MR) is 61.9 cm³/mol. The van der Waals surface area contributed by atoms with Crippen molar-refractivity contribution in [2.45, 2.75) is 13.3 Å². The van der Waals surface area contributed by atoms with Gasteiger partial charge in [0, 0.05) is 6.42 Å². The van der Waals surface area contributed by atoms with Crippen LogP contribution in [0.25, 0.3) is 0 Å². The average molecular weight is 220 g/mol. The van der Waals surface area contributed by atoms with Crippen molar-refractivity contribution in [2.75, 3.05) is 13.2 Å². The van der Waals surface area contributed by atoms with Crippen LogP contribution in [0.2, 0.25) is 0 Å². The van der Waals surface area contributed by atoms with Gasteiger partial charge in [-0.05, 0) is 19.1 Å². The number of carbonyl (C=O) groups excluding carboxylic acids is 1. The van der Waals surface area contributed by atoms with Crippen LogP contribution in [0.4, 0.5) is 0 Å². The molecular weight excluding hydrogens is 204 g/mol. The van der Waals surface area contributed by atoms with E-state index in [1.54, 1.807) is 6.92 Å². The molecule has 0 atom stereocenters. The summed E-state index contributed by atoms with van der Waals surface area (Å²) in [6.07, 6.45) is 0.749. The standard InChI is InChI=1S/C13H16O3/c1-3-15-13(14)11(2)16-10-9-12-7-5-4-6-8-12/h4-8H,2-3,9-10H2,1H3. The third-order valence-corrected chi connectivity index (χ3v) is 2.01. The van der Waals surface area contributed by atoms with E-state index in [1.165, 1.54) is 5.56 Å². The second-order valence-corrected chi connectivity index (χ2v) is 3.23. The first-order valence-corrected chi connectivity index (χ1v) is 5.26. The number of hydrogen-bond donors (Lipinski definition) is 0. The molecule has 0 aliphatic heterocycles. The summed E-state index contributed by atoms with van der Waals surface area (Å²) in [5.74, 6) is -0.423. The number of ether oxygens (including phenoxy) is 2. The first kappa shape index (κ1) is 12.3. The summed E-state index contributed by atoms with van der Waals surface area (Å²) in [5.41, 5.74) is 1.17. The Kier molecular flexibility index (Phi) is 5.12. The van der Waals surface area contributed by atoms with Gasteiger partial charge in [-0.1, -0.05) is 30.3 Å². The van der Waals surface area contributed by atoms with E-state index in [-0.39, 0.29) is 5.76 Å². The van der Waals surface area contributed by atoms with Gasteiger partial charge >= 0.3 is 5.97 Å². The Balaban J connectivity index is 2.26. The lowest BCUT2D eigenvalue weighted by atomic mass is 10.2. The van der Waals surface area contributed by atoms with Crippen LogP contribution in [-0.4, -0.2) is 19.2 Å². The number of benzene rings is 1. The summed E-state index contributed by atoms with van der Waals surface area (Å²) in [4.78, 5) is 11.1. The third kappa shape index (κ3) is 4.17. The highest BCUT2D eigenvalue weighted by Gasteiger charge is 2.08. The smallest absolute Gasteiger partial charge is 0.372 e. The molecule has 0 saturated carbocycles. The minimum absolute atomic E-state index is 0.0674. The molecule has 0 saturated heterocycles. The van der Waals surface area contributed by atoms with E-state index in [9.17, 15) is 4.79 Å². The molecule has 0 fully saturated rings. The van der Waals surface area contributed by atoms with Gasteiger partial charge in [0.05, 0.1) is 13.2 Å². The van der Waals surface area contributed by atoms with Crippen LogP contribution in [0.5, 0.6) is 0 Å². The van der Waals surface area contributed by atoms with Gasteiger partial charge in [-0.25, -0.2) is 4.79 Å². The maximum absolute atomic E-state index is 11.1. The lowest BCUT2D eigenvalue weighted by Crippen LogP contribution is -2.10. The number of hydrogen-bond acceptors (Lipinski definition) is 3. The topological polar surface area (TPSA) is 35.5 Å². The van der Waals surface area contributed by atoms with Crippen LogP contribution in [0.1, 0.15) is 12.5 Å². The van der Waals surface area contributed by atoms with Gasteiger partial charge in [-0.2, -0.15) is 0 Å². The maximum Gasteiger partial charge on any atom is 0.372 e. The van der Waals surface area contributed by atoms with E-state index in [0.717, 1.165) is 6.42 Å². The quantitative estimate of drug-likeness (QED) is 0.419. The molecule has 0 aliphatic rings. The molecule has 1 aromatic rings. The normalized spacial score (nSPS) is 9.56. The molecule has 86 valence electrons. The van der Waals surface area contributed by atoms with Crippen LogP contribution in [-0.2, 0) is 20.7 Å². The highest BCUT2D eigenvalue weighted by Crippen LogP contribution is 2.03. The van der Waals surface area contributed by atoms with Crippen molar-refractivity contribution < 1.29 is 14.3 Å². The molecular formula is C13H16O3. The summed E-state index contributed by atoms with van der Waals surface area (Å²) in [6, 6.07) is 9.92. The van der Waals surface area contributed by atoms with Crippen LogP contribution in [0.15, 0.2) is 42.7 Å². The van der Waals surface area contributed by atoms with Crippen molar-refractivity contribution in [3.63, 3.8) is 0 Å². The minimum atomic E-state index is -0.490.